The normalized spacial score (nSPS) is 20.3. The van der Waals surface area contributed by atoms with Gasteiger partial charge >= 0.3 is 0 Å². The minimum Gasteiger partial charge on any atom is -0.506 e. The number of benzene rings is 1. The third-order valence-corrected chi connectivity index (χ3v) is 5.23. The molecule has 2 saturated heterocycles. The van der Waals surface area contributed by atoms with E-state index in [4.69, 9.17) is 14.5 Å². The summed E-state index contributed by atoms with van der Waals surface area (Å²) >= 11 is 0. The number of aromatic nitrogens is 2. The summed E-state index contributed by atoms with van der Waals surface area (Å²) in [5.74, 6) is 2.35. The van der Waals surface area contributed by atoms with Crippen molar-refractivity contribution in [2.24, 2.45) is 0 Å². The SMILES string of the molecule is COCc1nc([C@H]2CCOC2)cc(N2CCN(c3ccccc3O)CC2)n1. The Bertz CT molecular complexity index is 772. The molecule has 1 N–H and O–H groups in total. The number of hydrogen-bond donors (Lipinski definition) is 1. The fourth-order valence-electron chi connectivity index (χ4n) is 3.74. The van der Waals surface area contributed by atoms with E-state index in [9.17, 15) is 5.11 Å². The van der Waals surface area contributed by atoms with Crippen molar-refractivity contribution in [3.8, 4) is 5.75 Å². The molecule has 0 unspecified atom stereocenters. The lowest BCUT2D eigenvalue weighted by Crippen LogP contribution is -2.47. The van der Waals surface area contributed by atoms with Crippen LogP contribution in [-0.4, -0.2) is 61.6 Å². The fraction of sp³-hybridized carbons (Fsp3) is 0.500. The Morgan fingerprint density at radius 1 is 1.15 bits per heavy atom. The van der Waals surface area contributed by atoms with Crippen LogP contribution in [0, 0.1) is 0 Å². The lowest BCUT2D eigenvalue weighted by Gasteiger charge is -2.37. The molecule has 2 aliphatic heterocycles. The number of anilines is 2. The van der Waals surface area contributed by atoms with Crippen LogP contribution < -0.4 is 9.80 Å². The molecule has 0 aliphatic carbocycles. The van der Waals surface area contributed by atoms with E-state index in [1.165, 1.54) is 0 Å². The van der Waals surface area contributed by atoms with Crippen LogP contribution >= 0.6 is 0 Å². The largest absolute Gasteiger partial charge is 0.506 e. The van der Waals surface area contributed by atoms with Crippen molar-refractivity contribution in [1.82, 2.24) is 9.97 Å². The van der Waals surface area contributed by atoms with E-state index in [0.717, 1.165) is 68.8 Å². The van der Waals surface area contributed by atoms with Gasteiger partial charge in [0.25, 0.3) is 0 Å². The van der Waals surface area contributed by atoms with Crippen molar-refractivity contribution < 1.29 is 14.6 Å². The summed E-state index contributed by atoms with van der Waals surface area (Å²) in [6.45, 7) is 5.29. The highest BCUT2D eigenvalue weighted by Crippen LogP contribution is 2.29. The number of phenols is 1. The molecule has 0 amide bonds. The van der Waals surface area contributed by atoms with Gasteiger partial charge in [0.2, 0.25) is 0 Å². The van der Waals surface area contributed by atoms with E-state index in [0.29, 0.717) is 18.3 Å². The highest BCUT2D eigenvalue weighted by molar-refractivity contribution is 5.58. The Morgan fingerprint density at radius 3 is 2.63 bits per heavy atom. The third-order valence-electron chi connectivity index (χ3n) is 5.23. The maximum Gasteiger partial charge on any atom is 0.156 e. The molecule has 2 fully saturated rings. The number of para-hydroxylation sites is 2. The minimum absolute atomic E-state index is 0.332. The molecule has 0 saturated carbocycles. The Labute approximate surface area is 159 Å². The maximum atomic E-state index is 10.1. The highest BCUT2D eigenvalue weighted by atomic mass is 16.5. The van der Waals surface area contributed by atoms with Crippen molar-refractivity contribution in [3.05, 3.63) is 41.9 Å². The summed E-state index contributed by atoms with van der Waals surface area (Å²) in [5, 5.41) is 10.1. The molecule has 27 heavy (non-hydrogen) atoms. The molecule has 144 valence electrons. The molecule has 0 spiro atoms. The molecule has 0 radical (unpaired) electrons. The van der Waals surface area contributed by atoms with Crippen LogP contribution in [0.25, 0.3) is 0 Å². The summed E-state index contributed by atoms with van der Waals surface area (Å²) in [7, 11) is 1.67. The van der Waals surface area contributed by atoms with Crippen LogP contribution in [-0.2, 0) is 16.1 Å². The van der Waals surface area contributed by atoms with Crippen LogP contribution in [0.5, 0.6) is 5.75 Å². The molecule has 1 atom stereocenters. The summed E-state index contributed by atoms with van der Waals surface area (Å²) in [4.78, 5) is 13.9. The first-order valence-corrected chi connectivity index (χ1v) is 9.47. The van der Waals surface area contributed by atoms with Gasteiger partial charge in [0.1, 0.15) is 18.2 Å². The zero-order valence-corrected chi connectivity index (χ0v) is 15.7. The predicted molar refractivity (Wildman–Crippen MR) is 103 cm³/mol. The molecule has 0 bridgehead atoms. The van der Waals surface area contributed by atoms with Gasteiger partial charge < -0.3 is 24.4 Å². The van der Waals surface area contributed by atoms with Gasteiger partial charge in [-0.15, -0.1) is 0 Å². The molecule has 1 aromatic heterocycles. The summed E-state index contributed by atoms with van der Waals surface area (Å²) in [6.07, 6.45) is 1.00. The number of piperazine rings is 1. The van der Waals surface area contributed by atoms with Gasteiger partial charge in [0.05, 0.1) is 18.0 Å². The van der Waals surface area contributed by atoms with E-state index in [1.807, 2.05) is 18.2 Å². The van der Waals surface area contributed by atoms with Crippen LogP contribution in [0.15, 0.2) is 30.3 Å². The molecule has 4 rings (SSSR count). The van der Waals surface area contributed by atoms with Gasteiger partial charge in [-0.3, -0.25) is 0 Å². The van der Waals surface area contributed by atoms with Crippen LogP contribution in [0.4, 0.5) is 11.5 Å². The fourth-order valence-corrected chi connectivity index (χ4v) is 3.74. The number of hydrogen-bond acceptors (Lipinski definition) is 7. The second-order valence-corrected chi connectivity index (χ2v) is 7.02. The summed E-state index contributed by atoms with van der Waals surface area (Å²) in [5.41, 5.74) is 1.94. The van der Waals surface area contributed by atoms with E-state index in [-0.39, 0.29) is 0 Å². The van der Waals surface area contributed by atoms with Gasteiger partial charge in [-0.25, -0.2) is 9.97 Å². The van der Waals surface area contributed by atoms with Crippen LogP contribution in [0.3, 0.4) is 0 Å². The molecule has 7 heteroatoms. The van der Waals surface area contributed by atoms with Gasteiger partial charge in [-0.1, -0.05) is 12.1 Å². The lowest BCUT2D eigenvalue weighted by atomic mass is 10.0. The average molecular weight is 370 g/mol. The first kappa shape index (κ1) is 18.0. The van der Waals surface area contributed by atoms with E-state index in [1.54, 1.807) is 13.2 Å². The van der Waals surface area contributed by atoms with Gasteiger partial charge in [-0.2, -0.15) is 0 Å². The number of methoxy groups -OCH3 is 1. The smallest absolute Gasteiger partial charge is 0.156 e. The number of ether oxygens (including phenoxy) is 2. The molecule has 1 aromatic carbocycles. The van der Waals surface area contributed by atoms with E-state index in [2.05, 4.69) is 20.9 Å². The highest BCUT2D eigenvalue weighted by Gasteiger charge is 2.24. The van der Waals surface area contributed by atoms with Crippen LogP contribution in [0.1, 0.15) is 23.9 Å². The number of rotatable bonds is 5. The Balaban J connectivity index is 1.51. The molecule has 2 aromatic rings. The molecule has 7 nitrogen and oxygen atoms in total. The zero-order chi connectivity index (χ0) is 18.6. The van der Waals surface area contributed by atoms with Crippen molar-refractivity contribution in [2.45, 2.75) is 18.9 Å². The quantitative estimate of drug-likeness (QED) is 0.865. The Hall–Kier alpha value is -2.38. The summed E-state index contributed by atoms with van der Waals surface area (Å²) < 4.78 is 10.8. The number of nitrogens with zero attached hydrogens (tertiary/aromatic N) is 4. The van der Waals surface area contributed by atoms with Crippen molar-refractivity contribution in [3.63, 3.8) is 0 Å². The topological polar surface area (TPSA) is 71.0 Å². The average Bonchev–Trinajstić information content (AvgIpc) is 3.24. The van der Waals surface area contributed by atoms with Crippen LogP contribution in [0.2, 0.25) is 0 Å². The first-order chi connectivity index (χ1) is 13.2. The molecular weight excluding hydrogens is 344 g/mol. The minimum atomic E-state index is 0.332. The maximum absolute atomic E-state index is 10.1. The first-order valence-electron chi connectivity index (χ1n) is 9.47. The lowest BCUT2D eigenvalue weighted by molar-refractivity contribution is 0.177. The van der Waals surface area contributed by atoms with Crippen molar-refractivity contribution >= 4 is 11.5 Å². The predicted octanol–water partition coefficient (Wildman–Crippen LogP) is 2.16. The van der Waals surface area contributed by atoms with Crippen molar-refractivity contribution in [2.75, 3.05) is 56.3 Å². The molecular formula is C20H26N4O3. The van der Waals surface area contributed by atoms with Gasteiger partial charge in [0, 0.05) is 51.9 Å². The van der Waals surface area contributed by atoms with Gasteiger partial charge in [0.15, 0.2) is 5.82 Å². The van der Waals surface area contributed by atoms with E-state index >= 15 is 0 Å². The Kier molecular flexibility index (Phi) is 5.40. The molecule has 2 aliphatic rings. The van der Waals surface area contributed by atoms with E-state index < -0.39 is 0 Å². The zero-order valence-electron chi connectivity index (χ0n) is 15.7. The standard InChI is InChI=1S/C20H26N4O3/c1-26-14-19-21-16(15-6-11-27-13-15)12-20(22-19)24-9-7-23(8-10-24)17-4-2-3-5-18(17)25/h2-5,12,15,25H,6-11,13-14H2,1H3/t15-/m0/s1. The summed E-state index contributed by atoms with van der Waals surface area (Å²) in [6, 6.07) is 9.61. The number of phenolic OH excluding ortho intramolecular Hbond substituents is 1. The number of aromatic hydroxyl groups is 1. The second kappa shape index (κ2) is 8.10. The monoisotopic (exact) mass is 370 g/mol. The second-order valence-electron chi connectivity index (χ2n) is 7.02. The van der Waals surface area contributed by atoms with Gasteiger partial charge in [-0.05, 0) is 18.6 Å². The third kappa shape index (κ3) is 3.99. The van der Waals surface area contributed by atoms with Crippen molar-refractivity contribution in [1.29, 1.82) is 0 Å². The molecule has 3 heterocycles. The Morgan fingerprint density at radius 2 is 1.93 bits per heavy atom.